The van der Waals surface area contributed by atoms with Crippen LogP contribution in [0.4, 0.5) is 5.95 Å². The summed E-state index contributed by atoms with van der Waals surface area (Å²) in [6.07, 6.45) is 3.06. The molecule has 1 aliphatic heterocycles. The van der Waals surface area contributed by atoms with Crippen molar-refractivity contribution in [2.75, 3.05) is 36.5 Å². The number of nitriles is 1. The minimum Gasteiger partial charge on any atom is -0.341 e. The van der Waals surface area contributed by atoms with Crippen molar-refractivity contribution >= 4 is 37.3 Å². The van der Waals surface area contributed by atoms with E-state index in [4.69, 9.17) is 10.7 Å². The number of aromatic nitrogens is 2. The van der Waals surface area contributed by atoms with E-state index in [0.717, 1.165) is 29.8 Å². The van der Waals surface area contributed by atoms with Crippen LogP contribution >= 0.6 is 11.3 Å². The molecule has 11 heteroatoms. The van der Waals surface area contributed by atoms with Gasteiger partial charge in [-0.1, -0.05) is 18.2 Å². The summed E-state index contributed by atoms with van der Waals surface area (Å²) < 4.78 is 24.9. The molecular weight excluding hydrogens is 472 g/mol. The van der Waals surface area contributed by atoms with Crippen molar-refractivity contribution in [2.24, 2.45) is 5.73 Å². The SMILES string of the molecule is CS(=O)(=O)CCNCc1cc2nc(N3CCC[C@@H](N)C3)n(Cc3ccccc3C#N)c(=O)c2s1. The van der Waals surface area contributed by atoms with Gasteiger partial charge in [-0.2, -0.15) is 5.26 Å². The van der Waals surface area contributed by atoms with E-state index in [9.17, 15) is 18.5 Å². The maximum atomic E-state index is 13.6. The van der Waals surface area contributed by atoms with Crippen LogP contribution in [0.15, 0.2) is 35.1 Å². The third kappa shape index (κ3) is 5.64. The number of hydrogen-bond acceptors (Lipinski definition) is 9. The minimum absolute atomic E-state index is 0.0123. The van der Waals surface area contributed by atoms with E-state index >= 15 is 0 Å². The van der Waals surface area contributed by atoms with Crippen molar-refractivity contribution in [3.8, 4) is 6.07 Å². The number of fused-ring (bicyclic) bond motifs is 1. The summed E-state index contributed by atoms with van der Waals surface area (Å²) >= 11 is 1.36. The number of anilines is 1. The molecule has 2 aromatic heterocycles. The van der Waals surface area contributed by atoms with Gasteiger partial charge < -0.3 is 16.0 Å². The number of rotatable bonds is 8. The Balaban J connectivity index is 1.71. The van der Waals surface area contributed by atoms with Crippen LogP contribution in [0.5, 0.6) is 0 Å². The number of benzene rings is 1. The molecule has 1 fully saturated rings. The quantitative estimate of drug-likeness (QED) is 0.444. The van der Waals surface area contributed by atoms with E-state index in [2.05, 4.69) is 16.3 Å². The largest absolute Gasteiger partial charge is 0.341 e. The highest BCUT2D eigenvalue weighted by molar-refractivity contribution is 7.90. The van der Waals surface area contributed by atoms with Gasteiger partial charge in [0.1, 0.15) is 14.5 Å². The first-order valence-electron chi connectivity index (χ1n) is 11.2. The topological polar surface area (TPSA) is 134 Å². The van der Waals surface area contributed by atoms with Crippen LogP contribution in [0.3, 0.4) is 0 Å². The molecule has 0 saturated carbocycles. The van der Waals surface area contributed by atoms with Gasteiger partial charge in [0, 0.05) is 43.4 Å². The average molecular weight is 501 g/mol. The van der Waals surface area contributed by atoms with Crippen LogP contribution in [-0.4, -0.2) is 55.7 Å². The summed E-state index contributed by atoms with van der Waals surface area (Å²) in [5.74, 6) is 0.621. The molecule has 3 aromatic rings. The molecule has 180 valence electrons. The lowest BCUT2D eigenvalue weighted by atomic mass is 10.1. The smallest absolute Gasteiger partial charge is 0.273 e. The molecule has 0 aliphatic carbocycles. The maximum absolute atomic E-state index is 13.6. The zero-order chi connectivity index (χ0) is 24.3. The third-order valence-corrected chi connectivity index (χ3v) is 7.88. The van der Waals surface area contributed by atoms with Crippen molar-refractivity contribution in [1.29, 1.82) is 5.26 Å². The number of thiophene rings is 1. The molecule has 3 heterocycles. The van der Waals surface area contributed by atoms with Gasteiger partial charge in [0.25, 0.3) is 5.56 Å². The van der Waals surface area contributed by atoms with Gasteiger partial charge in [0.05, 0.1) is 29.4 Å². The highest BCUT2D eigenvalue weighted by Gasteiger charge is 2.24. The van der Waals surface area contributed by atoms with Crippen LogP contribution in [0.2, 0.25) is 0 Å². The lowest BCUT2D eigenvalue weighted by Crippen LogP contribution is -2.45. The fourth-order valence-corrected chi connectivity index (χ4v) is 5.65. The second kappa shape index (κ2) is 10.2. The summed E-state index contributed by atoms with van der Waals surface area (Å²) in [7, 11) is -3.04. The summed E-state index contributed by atoms with van der Waals surface area (Å²) in [5.41, 5.74) is 7.97. The van der Waals surface area contributed by atoms with Crippen molar-refractivity contribution in [3.05, 3.63) is 56.7 Å². The normalized spacial score (nSPS) is 16.6. The summed E-state index contributed by atoms with van der Waals surface area (Å²) in [6, 6.07) is 11.4. The highest BCUT2D eigenvalue weighted by atomic mass is 32.2. The monoisotopic (exact) mass is 500 g/mol. The lowest BCUT2D eigenvalue weighted by molar-refractivity contribution is 0.492. The number of nitrogens with two attached hydrogens (primary N) is 1. The maximum Gasteiger partial charge on any atom is 0.273 e. The van der Waals surface area contributed by atoms with Crippen molar-refractivity contribution < 1.29 is 8.42 Å². The summed E-state index contributed by atoms with van der Waals surface area (Å²) in [6.45, 7) is 2.41. The number of sulfone groups is 1. The standard InChI is InChI=1S/C23H28N6O3S2/c1-34(31,32)10-8-26-13-19-11-20-21(33-19)22(30)29(14-17-6-3-2-5-16(17)12-24)23(27-20)28-9-4-7-18(25)15-28/h2-3,5-6,11,18,26H,4,7-10,13-15,25H2,1H3/t18-/m1/s1. The second-order valence-corrected chi connectivity index (χ2v) is 12.1. The van der Waals surface area contributed by atoms with Crippen LogP contribution in [-0.2, 0) is 22.9 Å². The fraction of sp³-hybridized carbons (Fsp3) is 0.435. The number of nitrogens with one attached hydrogen (secondary N) is 1. The van der Waals surface area contributed by atoms with Crippen LogP contribution in [0.25, 0.3) is 10.2 Å². The Kier molecular flexibility index (Phi) is 7.33. The van der Waals surface area contributed by atoms with E-state index in [-0.39, 0.29) is 23.9 Å². The van der Waals surface area contributed by atoms with E-state index < -0.39 is 9.84 Å². The molecule has 0 bridgehead atoms. The molecular formula is C23H28N6O3S2. The molecule has 9 nitrogen and oxygen atoms in total. The zero-order valence-electron chi connectivity index (χ0n) is 19.0. The molecule has 4 rings (SSSR count). The number of hydrogen-bond donors (Lipinski definition) is 2. The first kappa shape index (κ1) is 24.3. The second-order valence-electron chi connectivity index (χ2n) is 8.65. The summed E-state index contributed by atoms with van der Waals surface area (Å²) in [4.78, 5) is 21.5. The molecule has 1 atom stereocenters. The molecule has 34 heavy (non-hydrogen) atoms. The number of piperidine rings is 1. The first-order valence-corrected chi connectivity index (χ1v) is 14.0. The molecule has 1 aliphatic rings. The fourth-order valence-electron chi connectivity index (χ4n) is 4.12. The van der Waals surface area contributed by atoms with Crippen LogP contribution in [0.1, 0.15) is 28.8 Å². The predicted molar refractivity (Wildman–Crippen MR) is 135 cm³/mol. The Hall–Kier alpha value is -2.78. The molecule has 3 N–H and O–H groups in total. The Morgan fingerprint density at radius 1 is 1.35 bits per heavy atom. The Morgan fingerprint density at radius 3 is 2.88 bits per heavy atom. The number of nitrogens with zero attached hydrogens (tertiary/aromatic N) is 4. The van der Waals surface area contributed by atoms with Gasteiger partial charge in [0.2, 0.25) is 5.95 Å². The van der Waals surface area contributed by atoms with Gasteiger partial charge in [-0.3, -0.25) is 9.36 Å². The van der Waals surface area contributed by atoms with Crippen LogP contribution in [0, 0.1) is 11.3 Å². The van der Waals surface area contributed by atoms with Gasteiger partial charge in [0.15, 0.2) is 0 Å². The molecule has 1 aromatic carbocycles. The van der Waals surface area contributed by atoms with Gasteiger partial charge in [-0.05, 0) is 30.5 Å². The van der Waals surface area contributed by atoms with Crippen molar-refractivity contribution in [3.63, 3.8) is 0 Å². The molecule has 1 saturated heterocycles. The van der Waals surface area contributed by atoms with Crippen LogP contribution < -0.4 is 21.5 Å². The van der Waals surface area contributed by atoms with Gasteiger partial charge in [-0.25, -0.2) is 13.4 Å². The Bertz CT molecular complexity index is 1390. The van der Waals surface area contributed by atoms with Gasteiger partial charge in [-0.15, -0.1) is 11.3 Å². The zero-order valence-corrected chi connectivity index (χ0v) is 20.7. The van der Waals surface area contributed by atoms with Crippen molar-refractivity contribution in [1.82, 2.24) is 14.9 Å². The average Bonchev–Trinajstić information content (AvgIpc) is 3.21. The van der Waals surface area contributed by atoms with E-state index in [1.54, 1.807) is 16.7 Å². The molecule has 0 spiro atoms. The summed E-state index contributed by atoms with van der Waals surface area (Å²) in [5, 5.41) is 12.6. The van der Waals surface area contributed by atoms with E-state index in [1.165, 1.54) is 17.6 Å². The highest BCUT2D eigenvalue weighted by Crippen LogP contribution is 2.26. The van der Waals surface area contributed by atoms with Gasteiger partial charge >= 0.3 is 0 Å². The van der Waals surface area contributed by atoms with E-state index in [0.29, 0.717) is 41.4 Å². The Morgan fingerprint density at radius 2 is 2.15 bits per heavy atom. The minimum atomic E-state index is -3.04. The predicted octanol–water partition coefficient (Wildman–Crippen LogP) is 1.44. The molecule has 0 amide bonds. The molecule has 0 radical (unpaired) electrons. The molecule has 0 unspecified atom stereocenters. The Labute approximate surface area is 202 Å². The van der Waals surface area contributed by atoms with Crippen molar-refractivity contribution in [2.45, 2.75) is 32.0 Å². The van der Waals surface area contributed by atoms with E-state index in [1.807, 2.05) is 18.2 Å². The lowest BCUT2D eigenvalue weighted by Gasteiger charge is -2.33. The third-order valence-electron chi connectivity index (χ3n) is 5.82. The first-order chi connectivity index (χ1) is 16.2.